The number of methoxy groups -OCH3 is 1. The van der Waals surface area contributed by atoms with Crippen molar-refractivity contribution in [3.8, 4) is 28.7 Å². The van der Waals surface area contributed by atoms with E-state index in [4.69, 9.17) is 9.15 Å². The van der Waals surface area contributed by atoms with Crippen LogP contribution in [-0.4, -0.2) is 27.5 Å². The van der Waals surface area contributed by atoms with Crippen molar-refractivity contribution in [2.24, 2.45) is 33.5 Å². The first-order valence-electron chi connectivity index (χ1n) is 21.5. The second-order valence-electron chi connectivity index (χ2n) is 20.7. The highest BCUT2D eigenvalue weighted by molar-refractivity contribution is 5.99. The number of rotatable bonds is 9. The van der Waals surface area contributed by atoms with Crippen LogP contribution in [-0.2, 0) is 19.3 Å². The van der Waals surface area contributed by atoms with Crippen LogP contribution in [0.15, 0.2) is 50.7 Å². The second-order valence-corrected chi connectivity index (χ2v) is 20.7. The van der Waals surface area contributed by atoms with Gasteiger partial charge in [0, 0.05) is 29.2 Å². The Bertz CT molecular complexity index is 2420. The number of ether oxygens (including phenoxy) is 1. The van der Waals surface area contributed by atoms with E-state index in [1.54, 1.807) is 0 Å². The fraction of sp³-hybridized carbons (Fsp3) is 0.549. The van der Waals surface area contributed by atoms with E-state index < -0.39 is 5.43 Å². The minimum atomic E-state index is -0.453. The van der Waals surface area contributed by atoms with Gasteiger partial charge in [-0.25, -0.2) is 0 Å². The van der Waals surface area contributed by atoms with Crippen molar-refractivity contribution in [3.63, 3.8) is 0 Å². The summed E-state index contributed by atoms with van der Waals surface area (Å²) in [6.07, 6.45) is 11.3. The minimum Gasteiger partial charge on any atom is -0.507 e. The predicted octanol–water partition coefficient (Wildman–Crippen LogP) is 12.2. The van der Waals surface area contributed by atoms with Crippen molar-refractivity contribution in [1.82, 2.24) is 0 Å². The van der Waals surface area contributed by atoms with E-state index in [-0.39, 0.29) is 96.8 Å². The van der Waals surface area contributed by atoms with Crippen LogP contribution in [0.25, 0.3) is 21.9 Å². The molecule has 0 aliphatic heterocycles. The lowest BCUT2D eigenvalue weighted by atomic mass is 9.62. The van der Waals surface area contributed by atoms with Crippen molar-refractivity contribution in [1.29, 1.82) is 0 Å². The Morgan fingerprint density at radius 2 is 1.24 bits per heavy atom. The Balaban J connectivity index is 1.39. The maximum atomic E-state index is 14.9. The number of fused-ring (bicyclic) bond motifs is 6. The number of hydrogen-bond donors (Lipinski definition) is 4. The van der Waals surface area contributed by atoms with Crippen LogP contribution in [0.2, 0.25) is 0 Å². The van der Waals surface area contributed by atoms with Crippen LogP contribution in [0.3, 0.4) is 0 Å². The van der Waals surface area contributed by atoms with Crippen LogP contribution >= 0.6 is 0 Å². The monoisotopic (exact) mass is 788 g/mol. The summed E-state index contributed by atoms with van der Waals surface area (Å²) in [5.74, 6) is 1.53. The lowest BCUT2D eigenvalue weighted by molar-refractivity contribution is 0.130. The van der Waals surface area contributed by atoms with Crippen LogP contribution in [0.4, 0.5) is 0 Å². The first-order chi connectivity index (χ1) is 27.2. The molecule has 8 rings (SSSR count). The first-order valence-corrected chi connectivity index (χ1v) is 21.5. The molecule has 310 valence electrons. The molecule has 0 radical (unpaired) electrons. The molecule has 6 atom stereocenters. The third-order valence-electron chi connectivity index (χ3n) is 17.2. The Morgan fingerprint density at radius 1 is 0.724 bits per heavy atom. The molecule has 4 aromatic rings. The molecule has 7 nitrogen and oxygen atoms in total. The van der Waals surface area contributed by atoms with E-state index in [9.17, 15) is 25.2 Å². The van der Waals surface area contributed by atoms with Crippen molar-refractivity contribution in [2.45, 2.75) is 139 Å². The summed E-state index contributed by atoms with van der Waals surface area (Å²) >= 11 is 0. The summed E-state index contributed by atoms with van der Waals surface area (Å²) < 4.78 is 12.3. The molecular weight excluding hydrogens is 725 g/mol. The highest BCUT2D eigenvalue weighted by Crippen LogP contribution is 2.74. The lowest BCUT2D eigenvalue weighted by Gasteiger charge is -2.42. The fourth-order valence-electron chi connectivity index (χ4n) is 12.7. The quantitative estimate of drug-likeness (QED) is 0.0984. The minimum absolute atomic E-state index is 0.00685. The Hall–Kier alpha value is -4.39. The van der Waals surface area contributed by atoms with Gasteiger partial charge >= 0.3 is 0 Å². The highest BCUT2D eigenvalue weighted by Gasteiger charge is 2.64. The first kappa shape index (κ1) is 40.4. The van der Waals surface area contributed by atoms with Crippen molar-refractivity contribution >= 4 is 21.9 Å². The fourth-order valence-corrected chi connectivity index (χ4v) is 12.7. The van der Waals surface area contributed by atoms with E-state index in [1.165, 1.54) is 26.0 Å². The summed E-state index contributed by atoms with van der Waals surface area (Å²) in [7, 11) is 1.46. The third-order valence-corrected chi connectivity index (χ3v) is 17.2. The average molecular weight is 789 g/mol. The molecule has 4 fully saturated rings. The molecule has 4 saturated carbocycles. The van der Waals surface area contributed by atoms with Gasteiger partial charge in [-0.1, -0.05) is 77.0 Å². The van der Waals surface area contributed by atoms with Crippen molar-refractivity contribution in [3.05, 3.63) is 85.1 Å². The van der Waals surface area contributed by atoms with Gasteiger partial charge in [-0.05, 0) is 141 Å². The zero-order valence-electron chi connectivity index (χ0n) is 36.6. The topological polar surface area (TPSA) is 120 Å². The van der Waals surface area contributed by atoms with Gasteiger partial charge in [0.1, 0.15) is 33.8 Å². The Kier molecular flexibility index (Phi) is 9.45. The summed E-state index contributed by atoms with van der Waals surface area (Å²) in [5, 5.41) is 48.2. The molecule has 4 N–H and O–H groups in total. The van der Waals surface area contributed by atoms with Crippen LogP contribution < -0.4 is 10.2 Å². The van der Waals surface area contributed by atoms with Gasteiger partial charge in [0.05, 0.1) is 12.5 Å². The van der Waals surface area contributed by atoms with Crippen LogP contribution in [0.1, 0.15) is 153 Å². The predicted molar refractivity (Wildman–Crippen MR) is 233 cm³/mol. The van der Waals surface area contributed by atoms with Crippen molar-refractivity contribution in [2.75, 3.05) is 7.11 Å². The number of benzene rings is 3. The Labute approximate surface area is 343 Å². The maximum absolute atomic E-state index is 14.9. The second kappa shape index (κ2) is 13.6. The van der Waals surface area contributed by atoms with E-state index >= 15 is 0 Å². The molecule has 4 aliphatic rings. The van der Waals surface area contributed by atoms with Crippen LogP contribution in [0.5, 0.6) is 28.7 Å². The third kappa shape index (κ3) is 5.60. The Morgan fingerprint density at radius 3 is 1.69 bits per heavy atom. The van der Waals surface area contributed by atoms with Gasteiger partial charge < -0.3 is 29.6 Å². The van der Waals surface area contributed by atoms with Crippen LogP contribution in [0, 0.1) is 33.5 Å². The standard InChI is InChI=1S/C51H64O7/c1-26(2)12-14-31-40-39(25-38(52)46(31)57-11)58-47-35(42(53)32(15-13-27(3)4)44(55)41(47)45(40)56)22-28-20-33(36-23-29-16-18-50(36,9)48(29,5)6)43(54)34(21-28)37-24-30-17-19-51(37,10)49(30,7)8/h12-13,20-21,25,29-30,36-37,52-55H,14-19,22-24H2,1-11H3/t29-,30+,36+,37-,50+,51-. The molecule has 1 aromatic heterocycles. The molecule has 4 aliphatic carbocycles. The van der Waals surface area contributed by atoms with E-state index in [0.717, 1.165) is 53.5 Å². The molecule has 4 bridgehead atoms. The molecule has 0 unspecified atom stereocenters. The van der Waals surface area contributed by atoms with Gasteiger partial charge in [-0.15, -0.1) is 0 Å². The number of phenols is 4. The van der Waals surface area contributed by atoms with Gasteiger partial charge in [0.2, 0.25) is 5.43 Å². The zero-order chi connectivity index (χ0) is 42.0. The largest absolute Gasteiger partial charge is 0.507 e. The molecule has 0 saturated heterocycles. The molecular formula is C51H64O7. The molecule has 1 heterocycles. The molecule has 7 heteroatoms. The van der Waals surface area contributed by atoms with Gasteiger partial charge in [0.15, 0.2) is 11.5 Å². The number of aromatic hydroxyl groups is 4. The van der Waals surface area contributed by atoms with Crippen molar-refractivity contribution < 1.29 is 29.6 Å². The highest BCUT2D eigenvalue weighted by atomic mass is 16.5. The van der Waals surface area contributed by atoms with Gasteiger partial charge in [-0.3, -0.25) is 4.79 Å². The number of hydrogen-bond acceptors (Lipinski definition) is 7. The van der Waals surface area contributed by atoms with Gasteiger partial charge in [0.25, 0.3) is 0 Å². The summed E-state index contributed by atoms with van der Waals surface area (Å²) in [5.41, 5.74) is 6.16. The molecule has 58 heavy (non-hydrogen) atoms. The number of phenolic OH excluding ortho intramolecular Hbond substituents is 4. The zero-order valence-corrected chi connectivity index (χ0v) is 36.6. The number of allylic oxidation sites excluding steroid dienone is 4. The summed E-state index contributed by atoms with van der Waals surface area (Å²) in [6.45, 7) is 22.3. The van der Waals surface area contributed by atoms with Gasteiger partial charge in [-0.2, -0.15) is 0 Å². The molecule has 3 aromatic carbocycles. The molecule has 0 amide bonds. The maximum Gasteiger partial charge on any atom is 0.204 e. The van der Waals surface area contributed by atoms with E-state index in [1.807, 2.05) is 39.8 Å². The lowest BCUT2D eigenvalue weighted by Crippen LogP contribution is -2.32. The normalized spacial score (nSPS) is 27.8. The molecule has 0 spiro atoms. The average Bonchev–Trinajstić information content (AvgIpc) is 3.68. The van der Waals surface area contributed by atoms with E-state index in [2.05, 4.69) is 53.7 Å². The smallest absolute Gasteiger partial charge is 0.204 e. The summed E-state index contributed by atoms with van der Waals surface area (Å²) in [4.78, 5) is 14.9. The van der Waals surface area contributed by atoms with E-state index in [0.29, 0.717) is 35.1 Å². The SMILES string of the molecule is COc1c(O)cc2oc3c(Cc4cc([C@H]5C[C@@H]6CC[C@@]5(C)C6(C)C)c(O)c([C@@H]5C[C@H]6CC[C@]5(C)C6(C)C)c4)c(O)c(CC=C(C)C)c(O)c3c(=O)c2c1CC=C(C)C. The summed E-state index contributed by atoms with van der Waals surface area (Å²) in [6, 6.07) is 5.71.